The van der Waals surface area contributed by atoms with Gasteiger partial charge in [0.2, 0.25) is 0 Å². The molecule has 0 saturated heterocycles. The van der Waals surface area contributed by atoms with E-state index in [0.717, 1.165) is 18.4 Å². The minimum Gasteiger partial charge on any atom is -0.494 e. The molecule has 4 aromatic heterocycles. The fourth-order valence-electron chi connectivity index (χ4n) is 3.53. The summed E-state index contributed by atoms with van der Waals surface area (Å²) in [5.41, 5.74) is 3.43. The van der Waals surface area contributed by atoms with Crippen molar-refractivity contribution in [2.75, 3.05) is 6.61 Å². The molecule has 0 bridgehead atoms. The number of ether oxygens (including phenoxy) is 1. The maximum absolute atomic E-state index is 9.59. The predicted octanol–water partition coefficient (Wildman–Crippen LogP) is 4.44. The molecule has 0 aliphatic heterocycles. The Labute approximate surface area is 177 Å². The molecule has 0 aliphatic rings. The third kappa shape index (κ3) is 3.98. The number of rotatable bonds is 6. The molecule has 1 N–H and O–H groups in total. The van der Waals surface area contributed by atoms with Crippen molar-refractivity contribution in [2.24, 2.45) is 5.16 Å². The summed E-state index contributed by atoms with van der Waals surface area (Å²) in [5, 5.41) is 14.1. The Morgan fingerprint density at radius 3 is 2.94 bits per heavy atom. The van der Waals surface area contributed by atoms with Crippen LogP contribution < -0.4 is 10.1 Å². The van der Waals surface area contributed by atoms with Gasteiger partial charge in [-0.05, 0) is 60.9 Å². The van der Waals surface area contributed by atoms with Gasteiger partial charge in [-0.2, -0.15) is 0 Å². The predicted molar refractivity (Wildman–Crippen MR) is 116 cm³/mol. The first-order chi connectivity index (χ1) is 15.3. The normalized spacial score (nSPS) is 11.9. The standard InChI is InChI=1S/C24H20N4O3/c29-27-21-14-24(22-12-18-6-2-10-28(18)16-26-22)31-23-8-7-19(13-20(21)23)30-11-3-5-17-4-1-9-25-15-17/h1-2,4,6-10,12-16,29H,3,5,11H2/b27-21+. The molecule has 154 valence electrons. The van der Waals surface area contributed by atoms with Crippen molar-refractivity contribution in [1.29, 1.82) is 0 Å². The summed E-state index contributed by atoms with van der Waals surface area (Å²) in [4.78, 5) is 8.57. The van der Waals surface area contributed by atoms with E-state index in [2.05, 4.69) is 21.2 Å². The van der Waals surface area contributed by atoms with E-state index >= 15 is 0 Å². The zero-order valence-corrected chi connectivity index (χ0v) is 16.7. The summed E-state index contributed by atoms with van der Waals surface area (Å²) in [6.07, 6.45) is 9.06. The first-order valence-electron chi connectivity index (χ1n) is 10.0. The van der Waals surface area contributed by atoms with E-state index in [1.807, 2.05) is 59.3 Å². The van der Waals surface area contributed by atoms with Crippen molar-refractivity contribution in [1.82, 2.24) is 14.4 Å². The van der Waals surface area contributed by atoms with Crippen molar-refractivity contribution >= 4 is 16.5 Å². The Bertz CT molecular complexity index is 1410. The first-order valence-corrected chi connectivity index (χ1v) is 10.0. The number of hydrogen-bond donors (Lipinski definition) is 1. The largest absolute Gasteiger partial charge is 0.494 e. The van der Waals surface area contributed by atoms with E-state index < -0.39 is 0 Å². The first kappa shape index (κ1) is 18.9. The summed E-state index contributed by atoms with van der Waals surface area (Å²) in [5.74, 6) is 1.22. The highest BCUT2D eigenvalue weighted by atomic mass is 16.5. The van der Waals surface area contributed by atoms with Gasteiger partial charge in [-0.1, -0.05) is 11.2 Å². The van der Waals surface area contributed by atoms with Crippen LogP contribution in [0, 0.1) is 0 Å². The highest BCUT2D eigenvalue weighted by molar-refractivity contribution is 5.80. The SMILES string of the molecule is O/N=c1\cc(-c2cc3cccn3cn2)oc2ccc(OCCCc3cccnc3)cc12. The number of hydrogen-bond acceptors (Lipinski definition) is 6. The molecule has 0 unspecified atom stereocenters. The van der Waals surface area contributed by atoms with Gasteiger partial charge >= 0.3 is 0 Å². The molecule has 0 atom stereocenters. The van der Waals surface area contributed by atoms with Gasteiger partial charge in [-0.15, -0.1) is 0 Å². The zero-order chi connectivity index (χ0) is 21.0. The molecule has 31 heavy (non-hydrogen) atoms. The fourth-order valence-corrected chi connectivity index (χ4v) is 3.53. The topological polar surface area (TPSA) is 85.2 Å². The van der Waals surface area contributed by atoms with E-state index in [1.54, 1.807) is 18.6 Å². The Balaban J connectivity index is 1.38. The highest BCUT2D eigenvalue weighted by Crippen LogP contribution is 2.24. The van der Waals surface area contributed by atoms with E-state index in [9.17, 15) is 5.21 Å². The molecule has 1 aromatic carbocycles. The van der Waals surface area contributed by atoms with Crippen molar-refractivity contribution in [3.63, 3.8) is 0 Å². The molecule has 5 aromatic rings. The minimum atomic E-state index is 0.397. The molecule has 7 nitrogen and oxygen atoms in total. The van der Waals surface area contributed by atoms with Crippen LogP contribution in [0.15, 0.2) is 89.1 Å². The second-order valence-corrected chi connectivity index (χ2v) is 7.18. The van der Waals surface area contributed by atoms with E-state index in [4.69, 9.17) is 9.15 Å². The van der Waals surface area contributed by atoms with Crippen LogP contribution in [0.1, 0.15) is 12.0 Å². The number of aromatic nitrogens is 3. The molecule has 5 rings (SSSR count). The van der Waals surface area contributed by atoms with Gasteiger partial charge in [0.1, 0.15) is 22.4 Å². The van der Waals surface area contributed by atoms with Gasteiger partial charge in [0.25, 0.3) is 0 Å². The summed E-state index contributed by atoms with van der Waals surface area (Å²) >= 11 is 0. The molecule has 7 heteroatoms. The van der Waals surface area contributed by atoms with Gasteiger partial charge in [0.15, 0.2) is 5.76 Å². The molecule has 0 amide bonds. The highest BCUT2D eigenvalue weighted by Gasteiger charge is 2.10. The molecular weight excluding hydrogens is 392 g/mol. The van der Waals surface area contributed by atoms with Crippen LogP contribution in [0.5, 0.6) is 5.75 Å². The zero-order valence-electron chi connectivity index (χ0n) is 16.7. The van der Waals surface area contributed by atoms with Gasteiger partial charge in [-0.3, -0.25) is 4.98 Å². The molecule has 0 radical (unpaired) electrons. The van der Waals surface area contributed by atoms with Crippen molar-refractivity contribution in [3.05, 3.63) is 90.4 Å². The van der Waals surface area contributed by atoms with Crippen LogP contribution in [0.3, 0.4) is 0 Å². The second kappa shape index (κ2) is 8.31. The fraction of sp³-hybridized carbons (Fsp3) is 0.125. The summed E-state index contributed by atoms with van der Waals surface area (Å²) < 4.78 is 13.9. The lowest BCUT2D eigenvalue weighted by Gasteiger charge is -2.08. The van der Waals surface area contributed by atoms with Gasteiger partial charge < -0.3 is 18.8 Å². The van der Waals surface area contributed by atoms with E-state index in [1.165, 1.54) is 5.56 Å². The average Bonchev–Trinajstić information content (AvgIpc) is 3.30. The van der Waals surface area contributed by atoms with Crippen molar-refractivity contribution in [3.8, 4) is 17.2 Å². The number of aryl methyl sites for hydroxylation is 1. The van der Waals surface area contributed by atoms with Gasteiger partial charge in [0, 0.05) is 30.2 Å². The lowest BCUT2D eigenvalue weighted by Crippen LogP contribution is -2.05. The lowest BCUT2D eigenvalue weighted by molar-refractivity contribution is 0.302. The summed E-state index contributed by atoms with van der Waals surface area (Å²) in [6, 6.07) is 17.0. The van der Waals surface area contributed by atoms with Gasteiger partial charge in [0.05, 0.1) is 18.3 Å². The number of pyridine rings is 1. The van der Waals surface area contributed by atoms with Crippen LogP contribution in [0.25, 0.3) is 27.9 Å². The third-order valence-electron chi connectivity index (χ3n) is 5.09. The van der Waals surface area contributed by atoms with Crippen molar-refractivity contribution < 1.29 is 14.4 Å². The molecule has 4 heterocycles. The number of fused-ring (bicyclic) bond motifs is 2. The number of benzene rings is 1. The summed E-state index contributed by atoms with van der Waals surface area (Å²) in [6.45, 7) is 0.572. The number of nitrogens with zero attached hydrogens (tertiary/aromatic N) is 4. The monoisotopic (exact) mass is 412 g/mol. The maximum atomic E-state index is 9.59. The van der Waals surface area contributed by atoms with Crippen molar-refractivity contribution in [2.45, 2.75) is 12.8 Å². The summed E-state index contributed by atoms with van der Waals surface area (Å²) in [7, 11) is 0. The van der Waals surface area contributed by atoms with Gasteiger partial charge in [-0.25, -0.2) is 4.98 Å². The lowest BCUT2D eigenvalue weighted by atomic mass is 10.1. The average molecular weight is 412 g/mol. The second-order valence-electron chi connectivity index (χ2n) is 7.18. The molecule has 0 aliphatic carbocycles. The van der Waals surface area contributed by atoms with Crippen LogP contribution in [-0.4, -0.2) is 26.2 Å². The van der Waals surface area contributed by atoms with E-state index in [-0.39, 0.29) is 0 Å². The Morgan fingerprint density at radius 1 is 1.10 bits per heavy atom. The minimum absolute atomic E-state index is 0.397. The van der Waals surface area contributed by atoms with Crippen LogP contribution in [-0.2, 0) is 6.42 Å². The Hall–Kier alpha value is -4.13. The Morgan fingerprint density at radius 2 is 2.06 bits per heavy atom. The quantitative estimate of drug-likeness (QED) is 0.253. The molecular formula is C24H20N4O3. The smallest absolute Gasteiger partial charge is 0.155 e. The maximum Gasteiger partial charge on any atom is 0.155 e. The molecule has 0 spiro atoms. The van der Waals surface area contributed by atoms with Crippen LogP contribution in [0.2, 0.25) is 0 Å². The Kier molecular flexibility index (Phi) is 5.06. The molecule has 0 fully saturated rings. The van der Waals surface area contributed by atoms with Crippen LogP contribution in [0.4, 0.5) is 0 Å². The molecule has 0 saturated carbocycles. The third-order valence-corrected chi connectivity index (χ3v) is 5.09. The van der Waals surface area contributed by atoms with Crippen LogP contribution >= 0.6 is 0 Å². The van der Waals surface area contributed by atoms with E-state index in [0.29, 0.717) is 40.1 Å².